The molecule has 3 aliphatic heterocycles. The fraction of sp³-hybridized carbons (Fsp3) is 0.579. The van der Waals surface area contributed by atoms with Gasteiger partial charge in [-0.2, -0.15) is 0 Å². The molecule has 1 aromatic rings. The van der Waals surface area contributed by atoms with Gasteiger partial charge in [0, 0.05) is 50.7 Å². The summed E-state index contributed by atoms with van der Waals surface area (Å²) in [6.07, 6.45) is 4.97. The smallest absolute Gasteiger partial charge is 0.253 e. The van der Waals surface area contributed by atoms with E-state index in [4.69, 9.17) is 0 Å². The molecule has 2 unspecified atom stereocenters. The van der Waals surface area contributed by atoms with Crippen molar-refractivity contribution in [2.45, 2.75) is 50.2 Å². The molecule has 2 N–H and O–H groups in total. The molecule has 4 rings (SSSR count). The van der Waals surface area contributed by atoms with Gasteiger partial charge in [0.25, 0.3) is 5.91 Å². The van der Waals surface area contributed by atoms with Crippen LogP contribution in [0.15, 0.2) is 18.2 Å². The Morgan fingerprint density at radius 1 is 1.19 bits per heavy atom. The molecule has 2 fully saturated rings. The van der Waals surface area contributed by atoms with Gasteiger partial charge < -0.3 is 20.4 Å². The number of anilines is 2. The van der Waals surface area contributed by atoms with Gasteiger partial charge in [-0.25, -0.2) is 0 Å². The van der Waals surface area contributed by atoms with E-state index in [1.54, 1.807) is 0 Å². The average Bonchev–Trinajstić information content (AvgIpc) is 2.88. The molecule has 150 valence electrons. The number of nitrogens with one attached hydrogen (secondary N) is 2. The van der Waals surface area contributed by atoms with Gasteiger partial charge in [0.2, 0.25) is 5.91 Å². The number of nitrogens with zero attached hydrogens (tertiary/aromatic N) is 2. The predicted molar refractivity (Wildman–Crippen MR) is 113 cm³/mol. The highest BCUT2D eigenvalue weighted by molar-refractivity contribution is 6.01. The summed E-state index contributed by atoms with van der Waals surface area (Å²) in [7, 11) is 3.88. The quantitative estimate of drug-likeness (QED) is 0.780. The second-order valence-corrected chi connectivity index (χ2v) is 7.63. The van der Waals surface area contributed by atoms with E-state index in [1.807, 2.05) is 37.2 Å². The second-order valence-electron chi connectivity index (χ2n) is 7.63. The lowest BCUT2D eigenvalue weighted by molar-refractivity contribution is -0.115. The van der Waals surface area contributed by atoms with Crippen LogP contribution in [0.1, 0.15) is 42.5 Å². The van der Waals surface area contributed by atoms with Crippen molar-refractivity contribution in [1.82, 2.24) is 10.2 Å². The molecule has 0 spiro atoms. The molecule has 27 heavy (non-hydrogen) atoms. The van der Waals surface area contributed by atoms with Crippen LogP contribution in [-0.4, -0.2) is 55.5 Å². The topological polar surface area (TPSA) is 64.7 Å². The van der Waals surface area contributed by atoms with Crippen molar-refractivity contribution >= 4 is 48.0 Å². The van der Waals surface area contributed by atoms with Crippen LogP contribution in [0.4, 0.5) is 11.4 Å². The molecular formula is C19H28Cl2N4O2. The van der Waals surface area contributed by atoms with Gasteiger partial charge in [-0.3, -0.25) is 9.59 Å². The summed E-state index contributed by atoms with van der Waals surface area (Å²) in [6, 6.07) is 7.04. The highest BCUT2D eigenvalue weighted by Crippen LogP contribution is 2.32. The molecule has 2 amide bonds. The van der Waals surface area contributed by atoms with Crippen molar-refractivity contribution in [1.29, 1.82) is 0 Å². The Morgan fingerprint density at radius 3 is 2.52 bits per heavy atom. The highest BCUT2D eigenvalue weighted by Gasteiger charge is 2.36. The van der Waals surface area contributed by atoms with E-state index in [-0.39, 0.29) is 36.6 Å². The lowest BCUT2D eigenvalue weighted by Gasteiger charge is -2.35. The highest BCUT2D eigenvalue weighted by atomic mass is 35.5. The lowest BCUT2D eigenvalue weighted by Crippen LogP contribution is -2.48. The summed E-state index contributed by atoms with van der Waals surface area (Å²) in [5, 5.41) is 6.55. The Bertz CT molecular complexity index is 703. The maximum absolute atomic E-state index is 13.0. The standard InChI is InChI=1S/C19H26N4O2.2ClH/c1-22-8-7-18(24)21-16-9-12(3-6-17(16)22)19(25)23(2)15-10-13-4-5-14(11-15)20-13;;/h3,6,9,13-15,20H,4-5,7-8,10-11H2,1-2H3,(H,21,24);2*1H. The van der Waals surface area contributed by atoms with Crippen LogP contribution in [0.3, 0.4) is 0 Å². The third kappa shape index (κ3) is 4.33. The number of carbonyl (C=O) groups excluding carboxylic acids is 2. The molecule has 0 aromatic heterocycles. The van der Waals surface area contributed by atoms with Crippen molar-refractivity contribution in [2.24, 2.45) is 0 Å². The van der Waals surface area contributed by atoms with Crippen molar-refractivity contribution in [3.05, 3.63) is 23.8 Å². The van der Waals surface area contributed by atoms with Gasteiger partial charge in [-0.05, 0) is 43.9 Å². The molecule has 2 bridgehead atoms. The van der Waals surface area contributed by atoms with E-state index in [9.17, 15) is 9.59 Å². The molecule has 0 radical (unpaired) electrons. The van der Waals surface area contributed by atoms with Gasteiger partial charge in [0.05, 0.1) is 11.4 Å². The zero-order chi connectivity index (χ0) is 17.6. The van der Waals surface area contributed by atoms with Crippen LogP contribution in [0, 0.1) is 0 Å². The second kappa shape index (κ2) is 8.67. The average molecular weight is 415 g/mol. The van der Waals surface area contributed by atoms with Gasteiger partial charge >= 0.3 is 0 Å². The van der Waals surface area contributed by atoms with E-state index in [1.165, 1.54) is 12.8 Å². The molecule has 3 aliphatic rings. The van der Waals surface area contributed by atoms with Crippen LogP contribution in [0.2, 0.25) is 0 Å². The number of carbonyl (C=O) groups is 2. The molecule has 2 saturated heterocycles. The first-order chi connectivity index (χ1) is 12.0. The van der Waals surface area contributed by atoms with Crippen LogP contribution in [-0.2, 0) is 4.79 Å². The summed E-state index contributed by atoms with van der Waals surface area (Å²) in [5.74, 6) is 0.0359. The van der Waals surface area contributed by atoms with E-state index >= 15 is 0 Å². The first kappa shape index (κ1) is 21.8. The fourth-order valence-corrected chi connectivity index (χ4v) is 4.42. The summed E-state index contributed by atoms with van der Waals surface area (Å²) < 4.78 is 0. The number of rotatable bonds is 2. The van der Waals surface area contributed by atoms with E-state index in [0.717, 1.165) is 24.2 Å². The molecular weight excluding hydrogens is 387 g/mol. The van der Waals surface area contributed by atoms with Crippen molar-refractivity contribution in [3.63, 3.8) is 0 Å². The Balaban J connectivity index is 0.00000131. The van der Waals surface area contributed by atoms with Gasteiger partial charge in [0.1, 0.15) is 0 Å². The van der Waals surface area contributed by atoms with E-state index < -0.39 is 0 Å². The van der Waals surface area contributed by atoms with E-state index in [0.29, 0.717) is 36.7 Å². The number of amides is 2. The third-order valence-corrected chi connectivity index (χ3v) is 5.92. The van der Waals surface area contributed by atoms with Crippen LogP contribution in [0.25, 0.3) is 0 Å². The Morgan fingerprint density at radius 2 is 1.85 bits per heavy atom. The summed E-state index contributed by atoms with van der Waals surface area (Å²) in [6.45, 7) is 0.684. The molecule has 0 aliphatic carbocycles. The number of halogens is 2. The maximum Gasteiger partial charge on any atom is 0.253 e. The fourth-order valence-electron chi connectivity index (χ4n) is 4.42. The van der Waals surface area contributed by atoms with Gasteiger partial charge in [0.15, 0.2) is 0 Å². The van der Waals surface area contributed by atoms with Crippen molar-refractivity contribution < 1.29 is 9.59 Å². The molecule has 2 atom stereocenters. The summed E-state index contributed by atoms with van der Waals surface area (Å²) in [4.78, 5) is 28.8. The van der Waals surface area contributed by atoms with E-state index in [2.05, 4.69) is 15.5 Å². The molecule has 8 heteroatoms. The van der Waals surface area contributed by atoms with Gasteiger partial charge in [-0.15, -0.1) is 24.8 Å². The minimum absolute atomic E-state index is 0. The molecule has 3 heterocycles. The Hall–Kier alpha value is -1.50. The largest absolute Gasteiger partial charge is 0.372 e. The zero-order valence-corrected chi connectivity index (χ0v) is 17.4. The maximum atomic E-state index is 13.0. The minimum atomic E-state index is -0.00140. The number of fused-ring (bicyclic) bond motifs is 3. The normalized spacial score (nSPS) is 26.1. The number of hydrogen-bond donors (Lipinski definition) is 2. The first-order valence-corrected chi connectivity index (χ1v) is 9.19. The Labute approximate surface area is 172 Å². The van der Waals surface area contributed by atoms with Crippen molar-refractivity contribution in [3.8, 4) is 0 Å². The summed E-state index contributed by atoms with van der Waals surface area (Å²) >= 11 is 0. The number of benzene rings is 1. The monoisotopic (exact) mass is 414 g/mol. The van der Waals surface area contributed by atoms with Crippen LogP contribution in [0.5, 0.6) is 0 Å². The third-order valence-electron chi connectivity index (χ3n) is 5.92. The molecule has 0 saturated carbocycles. The Kier molecular flexibility index (Phi) is 7.00. The first-order valence-electron chi connectivity index (χ1n) is 9.19. The van der Waals surface area contributed by atoms with Crippen LogP contribution < -0.4 is 15.5 Å². The van der Waals surface area contributed by atoms with Gasteiger partial charge in [-0.1, -0.05) is 0 Å². The lowest BCUT2D eigenvalue weighted by atomic mass is 9.98. The minimum Gasteiger partial charge on any atom is -0.372 e. The molecule has 6 nitrogen and oxygen atoms in total. The summed E-state index contributed by atoms with van der Waals surface area (Å²) in [5.41, 5.74) is 2.34. The number of piperidine rings is 1. The van der Waals surface area contributed by atoms with Crippen molar-refractivity contribution in [2.75, 3.05) is 30.9 Å². The number of hydrogen-bond acceptors (Lipinski definition) is 4. The van der Waals surface area contributed by atoms with Crippen LogP contribution >= 0.6 is 24.8 Å². The molecule has 1 aromatic carbocycles. The SMILES string of the molecule is CN1CCC(=O)Nc2cc(C(=O)N(C)C3CC4CCC(C3)N4)ccc21.Cl.Cl. The predicted octanol–water partition coefficient (Wildman–Crippen LogP) is 2.66. The zero-order valence-electron chi connectivity index (χ0n) is 15.7.